The van der Waals surface area contributed by atoms with Crippen molar-refractivity contribution in [1.29, 1.82) is 0 Å². The summed E-state index contributed by atoms with van der Waals surface area (Å²) in [6.07, 6.45) is 11.8. The van der Waals surface area contributed by atoms with Crippen LogP contribution in [0.2, 0.25) is 0 Å². The van der Waals surface area contributed by atoms with E-state index in [4.69, 9.17) is 0 Å². The Labute approximate surface area is 280 Å². The number of amides is 3. The summed E-state index contributed by atoms with van der Waals surface area (Å²) in [6.45, 7) is 15.4. The van der Waals surface area contributed by atoms with Crippen molar-refractivity contribution >= 4 is 60.8 Å². The van der Waals surface area contributed by atoms with Crippen molar-refractivity contribution in [2.24, 2.45) is 0 Å². The van der Waals surface area contributed by atoms with E-state index >= 15 is 0 Å². The van der Waals surface area contributed by atoms with Gasteiger partial charge in [0.2, 0.25) is 0 Å². The zero-order chi connectivity index (χ0) is 33.7. The van der Waals surface area contributed by atoms with E-state index in [2.05, 4.69) is 26.3 Å². The minimum absolute atomic E-state index is 0.168. The maximum Gasteiger partial charge on any atom is 0.261 e. The Morgan fingerprint density at radius 1 is 0.542 bits per heavy atom. The normalized spacial score (nSPS) is 16.0. The first-order chi connectivity index (χ1) is 23.4. The van der Waals surface area contributed by atoms with E-state index in [1.165, 1.54) is 4.90 Å². The molecule has 6 heteroatoms. The average Bonchev–Trinajstić information content (AvgIpc) is 3.10. The van der Waals surface area contributed by atoms with Crippen LogP contribution in [0.1, 0.15) is 94.2 Å². The monoisotopic (exact) mass is 636 g/mol. The molecule has 5 aromatic rings. The fourth-order valence-corrected chi connectivity index (χ4v) is 8.18. The predicted octanol–water partition coefficient (Wildman–Crippen LogP) is 9.38. The molecule has 0 bridgehead atoms. The van der Waals surface area contributed by atoms with Crippen LogP contribution < -0.4 is 0 Å². The molecular weight excluding hydrogens is 596 g/mol. The van der Waals surface area contributed by atoms with Crippen molar-refractivity contribution in [3.05, 3.63) is 121 Å². The summed E-state index contributed by atoms with van der Waals surface area (Å²) in [4.78, 5) is 45.6. The van der Waals surface area contributed by atoms with Crippen molar-refractivity contribution in [3.8, 4) is 0 Å². The second kappa shape index (κ2) is 12.5. The molecule has 2 aliphatic heterocycles. The number of carbonyl (C=O) groups is 3. The third-order valence-corrected chi connectivity index (χ3v) is 10.4. The number of imide groups is 1. The lowest BCUT2D eigenvalue weighted by Crippen LogP contribution is -2.47. The Balaban J connectivity index is 1.42. The number of hydrogen-bond donors (Lipinski definition) is 1. The first-order valence-electron chi connectivity index (χ1n) is 16.9. The van der Waals surface area contributed by atoms with Crippen molar-refractivity contribution in [1.82, 2.24) is 9.80 Å². The molecule has 1 atom stereocenters. The second-order valence-electron chi connectivity index (χ2n) is 13.0. The molecule has 48 heavy (non-hydrogen) atoms. The Kier molecular flexibility index (Phi) is 8.22. The van der Waals surface area contributed by atoms with Gasteiger partial charge in [0.15, 0.2) is 6.23 Å². The van der Waals surface area contributed by atoms with Gasteiger partial charge in [-0.15, -0.1) is 26.3 Å². The van der Waals surface area contributed by atoms with Crippen LogP contribution in [0.4, 0.5) is 0 Å². The first kappa shape index (κ1) is 31.5. The highest BCUT2D eigenvalue weighted by Crippen LogP contribution is 2.48. The molecular formula is C42H40N2O4. The van der Waals surface area contributed by atoms with Gasteiger partial charge in [-0.2, -0.15) is 0 Å². The number of rotatable bonds is 14. The molecule has 7 rings (SSSR count). The summed E-state index contributed by atoms with van der Waals surface area (Å²) < 4.78 is 0. The highest BCUT2D eigenvalue weighted by atomic mass is 16.3. The third kappa shape index (κ3) is 4.61. The van der Waals surface area contributed by atoms with Crippen molar-refractivity contribution in [2.75, 3.05) is 0 Å². The highest BCUT2D eigenvalue weighted by molar-refractivity contribution is 6.39. The Morgan fingerprint density at radius 2 is 0.938 bits per heavy atom. The molecule has 1 unspecified atom stereocenters. The largest absolute Gasteiger partial charge is 0.369 e. The average molecular weight is 637 g/mol. The maximum atomic E-state index is 14.2. The van der Waals surface area contributed by atoms with E-state index in [9.17, 15) is 19.5 Å². The van der Waals surface area contributed by atoms with Gasteiger partial charge in [-0.05, 0) is 102 Å². The summed E-state index contributed by atoms with van der Waals surface area (Å²) in [5.74, 6) is -0.741. The van der Waals surface area contributed by atoms with Gasteiger partial charge in [0.25, 0.3) is 17.7 Å². The summed E-state index contributed by atoms with van der Waals surface area (Å²) >= 11 is 0. The van der Waals surface area contributed by atoms with Crippen molar-refractivity contribution in [2.45, 2.75) is 69.7 Å². The van der Waals surface area contributed by atoms with Gasteiger partial charge in [0.05, 0.1) is 0 Å². The van der Waals surface area contributed by atoms with Crippen molar-refractivity contribution < 1.29 is 19.5 Å². The van der Waals surface area contributed by atoms with E-state index < -0.39 is 6.23 Å². The summed E-state index contributed by atoms with van der Waals surface area (Å²) in [5, 5.41) is 18.7. The molecule has 0 aromatic heterocycles. The number of allylic oxidation sites excluding steroid dienone is 4. The lowest BCUT2D eigenvalue weighted by molar-refractivity contribution is -0.0187. The molecule has 5 aromatic carbocycles. The molecule has 0 fully saturated rings. The van der Waals surface area contributed by atoms with E-state index in [0.717, 1.165) is 50.5 Å². The number of fused-ring (bicyclic) bond motifs is 2. The number of aliphatic hydroxyl groups is 1. The van der Waals surface area contributed by atoms with Crippen LogP contribution in [0.25, 0.3) is 43.1 Å². The smallest absolute Gasteiger partial charge is 0.261 e. The van der Waals surface area contributed by atoms with Crippen LogP contribution >= 0.6 is 0 Å². The topological polar surface area (TPSA) is 77.9 Å². The zero-order valence-corrected chi connectivity index (χ0v) is 27.2. The van der Waals surface area contributed by atoms with E-state index in [1.54, 1.807) is 4.90 Å². The molecule has 0 aliphatic carbocycles. The van der Waals surface area contributed by atoms with E-state index in [1.807, 2.05) is 72.8 Å². The summed E-state index contributed by atoms with van der Waals surface area (Å²) in [7, 11) is 0. The molecule has 3 amide bonds. The van der Waals surface area contributed by atoms with Crippen LogP contribution in [0, 0.1) is 0 Å². The number of benzene rings is 5. The Morgan fingerprint density at radius 3 is 1.40 bits per heavy atom. The van der Waals surface area contributed by atoms with Gasteiger partial charge in [0, 0.05) is 45.1 Å². The van der Waals surface area contributed by atoms with E-state index in [0.29, 0.717) is 66.2 Å². The third-order valence-electron chi connectivity index (χ3n) is 10.4. The van der Waals surface area contributed by atoms with Gasteiger partial charge in [-0.25, -0.2) is 0 Å². The second-order valence-corrected chi connectivity index (χ2v) is 13.0. The lowest BCUT2D eigenvalue weighted by atomic mass is 9.81. The van der Waals surface area contributed by atoms with Crippen LogP contribution in [-0.4, -0.2) is 44.7 Å². The molecule has 2 aliphatic rings. The molecule has 1 N–H and O–H groups in total. The van der Waals surface area contributed by atoms with Gasteiger partial charge in [-0.1, -0.05) is 54.6 Å². The van der Waals surface area contributed by atoms with E-state index in [-0.39, 0.29) is 29.8 Å². The molecule has 242 valence electrons. The maximum absolute atomic E-state index is 14.2. The highest BCUT2D eigenvalue weighted by Gasteiger charge is 2.40. The van der Waals surface area contributed by atoms with Gasteiger partial charge >= 0.3 is 0 Å². The number of nitrogens with zero attached hydrogens (tertiary/aromatic N) is 2. The number of carbonyl (C=O) groups excluding carboxylic acids is 3. The standard InChI is InChI=1S/C42H40N2O4/c1-5-9-13-25(14-10-6-2)43-39(45)31-21-17-27-29-19-23-33-38-34(42(48)44(41(33)47)26(15-11-7-3)16-12-8-4)24-20-30(36(29)38)28-18-22-32(40(43)46)37(31)35(27)28/h5-8,17-26,39,45H,1-4,9-16H2. The molecule has 0 saturated heterocycles. The Hall–Kier alpha value is -5.07. The molecule has 0 spiro atoms. The summed E-state index contributed by atoms with van der Waals surface area (Å²) in [5.41, 5.74) is 2.31. The minimum Gasteiger partial charge on any atom is -0.369 e. The minimum atomic E-state index is -1.10. The van der Waals surface area contributed by atoms with Crippen molar-refractivity contribution in [3.63, 3.8) is 0 Å². The van der Waals surface area contributed by atoms with Crippen LogP contribution in [0.5, 0.6) is 0 Å². The van der Waals surface area contributed by atoms with Gasteiger partial charge in [0.1, 0.15) is 0 Å². The summed E-state index contributed by atoms with van der Waals surface area (Å²) in [6, 6.07) is 15.0. The fourth-order valence-electron chi connectivity index (χ4n) is 8.18. The fraction of sp³-hybridized carbons (Fsp3) is 0.262. The first-order valence-corrected chi connectivity index (χ1v) is 16.9. The van der Waals surface area contributed by atoms with Crippen LogP contribution in [-0.2, 0) is 0 Å². The van der Waals surface area contributed by atoms with Gasteiger partial charge in [-0.3, -0.25) is 19.3 Å². The molecule has 2 heterocycles. The molecule has 6 nitrogen and oxygen atoms in total. The predicted molar refractivity (Wildman–Crippen MR) is 195 cm³/mol. The van der Waals surface area contributed by atoms with Crippen LogP contribution in [0.3, 0.4) is 0 Å². The quantitative estimate of drug-likeness (QED) is 0.0570. The number of hydrogen-bond acceptors (Lipinski definition) is 4. The van der Waals surface area contributed by atoms with Gasteiger partial charge < -0.3 is 10.0 Å². The zero-order valence-electron chi connectivity index (χ0n) is 27.2. The SMILES string of the molecule is C=CCCC(CCC=C)N1C(=O)c2ccc3c4ccc5c6c(ccc(c7ccc(c2c37)C1=O)c64)C(O)N(C(CCC=C)CCC=C)C5=O. The van der Waals surface area contributed by atoms with Crippen LogP contribution in [0.15, 0.2) is 99.2 Å². The Bertz CT molecular complexity index is 2080. The molecule has 0 saturated carbocycles. The number of aliphatic hydroxyl groups excluding tert-OH is 1. The molecule has 0 radical (unpaired) electrons. The lowest BCUT2D eigenvalue weighted by Gasteiger charge is -2.40.